The van der Waals surface area contributed by atoms with Crippen molar-refractivity contribution in [2.24, 2.45) is 0 Å². The standard InChI is InChI=1S/C21H30N4O2/c1-6-25(13-17-9-7-16(8-10-17)12-24(4)5)21(26)20-18-11-14(2)27-15(3)19(18)22-23-20/h7-10,14-15H,6,11-13H2,1-5H3,(H,22,23)/t14-,15+/m0/s1. The number of fused-ring (bicyclic) bond motifs is 1. The summed E-state index contributed by atoms with van der Waals surface area (Å²) in [6.07, 6.45) is 0.752. The van der Waals surface area contributed by atoms with E-state index < -0.39 is 0 Å². The average Bonchev–Trinajstić information content (AvgIpc) is 3.04. The highest BCUT2D eigenvalue weighted by atomic mass is 16.5. The topological polar surface area (TPSA) is 61.5 Å². The molecule has 0 spiro atoms. The van der Waals surface area contributed by atoms with E-state index in [0.717, 1.165) is 23.4 Å². The summed E-state index contributed by atoms with van der Waals surface area (Å²) in [5.74, 6) is -0.0198. The molecule has 1 aromatic carbocycles. The van der Waals surface area contributed by atoms with E-state index in [1.54, 1.807) is 0 Å². The average molecular weight is 370 g/mol. The Morgan fingerprint density at radius 1 is 1.19 bits per heavy atom. The number of amides is 1. The highest BCUT2D eigenvalue weighted by molar-refractivity contribution is 5.94. The van der Waals surface area contributed by atoms with Crippen molar-refractivity contribution in [3.63, 3.8) is 0 Å². The van der Waals surface area contributed by atoms with E-state index in [1.807, 2.05) is 25.7 Å². The summed E-state index contributed by atoms with van der Waals surface area (Å²) in [7, 11) is 4.12. The molecule has 1 aliphatic rings. The number of hydrogen-bond acceptors (Lipinski definition) is 4. The first-order chi connectivity index (χ1) is 12.9. The van der Waals surface area contributed by atoms with Gasteiger partial charge >= 0.3 is 0 Å². The molecule has 2 atom stereocenters. The predicted octanol–water partition coefficient (Wildman–Crippen LogP) is 3.16. The van der Waals surface area contributed by atoms with Gasteiger partial charge in [0.05, 0.1) is 17.9 Å². The lowest BCUT2D eigenvalue weighted by Gasteiger charge is -2.26. The maximum Gasteiger partial charge on any atom is 0.274 e. The van der Waals surface area contributed by atoms with E-state index in [4.69, 9.17) is 4.74 Å². The highest BCUT2D eigenvalue weighted by Crippen LogP contribution is 2.30. The molecule has 3 rings (SSSR count). The van der Waals surface area contributed by atoms with Gasteiger partial charge in [-0.25, -0.2) is 0 Å². The molecule has 0 aliphatic carbocycles. The summed E-state index contributed by atoms with van der Waals surface area (Å²) in [6.45, 7) is 8.17. The zero-order valence-corrected chi connectivity index (χ0v) is 17.0. The van der Waals surface area contributed by atoms with Crippen molar-refractivity contribution in [2.45, 2.75) is 52.5 Å². The fourth-order valence-corrected chi connectivity index (χ4v) is 3.66. The third kappa shape index (κ3) is 4.39. The minimum absolute atomic E-state index is 0.0198. The van der Waals surface area contributed by atoms with E-state index in [9.17, 15) is 4.79 Å². The Morgan fingerprint density at radius 3 is 2.41 bits per heavy atom. The molecule has 2 heterocycles. The zero-order valence-electron chi connectivity index (χ0n) is 17.0. The van der Waals surface area contributed by atoms with Gasteiger partial charge in [-0.05, 0) is 46.0 Å². The Hall–Kier alpha value is -2.18. The molecule has 1 amide bonds. The van der Waals surface area contributed by atoms with Gasteiger partial charge in [0.1, 0.15) is 0 Å². The number of hydrogen-bond donors (Lipinski definition) is 1. The van der Waals surface area contributed by atoms with Crippen molar-refractivity contribution in [1.82, 2.24) is 20.0 Å². The molecule has 0 saturated heterocycles. The van der Waals surface area contributed by atoms with Gasteiger partial charge in [-0.3, -0.25) is 9.89 Å². The molecule has 0 unspecified atom stereocenters. The first kappa shape index (κ1) is 19.6. The van der Waals surface area contributed by atoms with Crippen LogP contribution in [0, 0.1) is 0 Å². The molecule has 1 N–H and O–H groups in total. The van der Waals surface area contributed by atoms with E-state index >= 15 is 0 Å². The lowest BCUT2D eigenvalue weighted by molar-refractivity contribution is -0.00702. The third-order valence-corrected chi connectivity index (χ3v) is 5.00. The fourth-order valence-electron chi connectivity index (χ4n) is 3.66. The van der Waals surface area contributed by atoms with Crippen LogP contribution in [-0.4, -0.2) is 52.6 Å². The number of carbonyl (C=O) groups excluding carboxylic acids is 1. The maximum atomic E-state index is 13.1. The second-order valence-corrected chi connectivity index (χ2v) is 7.63. The van der Waals surface area contributed by atoms with Crippen LogP contribution in [-0.2, 0) is 24.2 Å². The van der Waals surface area contributed by atoms with Crippen molar-refractivity contribution in [2.75, 3.05) is 20.6 Å². The van der Waals surface area contributed by atoms with Gasteiger partial charge in [0.25, 0.3) is 5.91 Å². The summed E-state index contributed by atoms with van der Waals surface area (Å²) in [5, 5.41) is 7.36. The molecule has 0 bridgehead atoms. The normalized spacial score (nSPS) is 19.2. The van der Waals surface area contributed by atoms with Gasteiger partial charge in [0.15, 0.2) is 5.69 Å². The van der Waals surface area contributed by atoms with Gasteiger partial charge in [-0.2, -0.15) is 5.10 Å². The molecular formula is C21H30N4O2. The lowest BCUT2D eigenvalue weighted by Crippen LogP contribution is -2.32. The van der Waals surface area contributed by atoms with Crippen LogP contribution >= 0.6 is 0 Å². The lowest BCUT2D eigenvalue weighted by atomic mass is 9.99. The number of nitrogens with zero attached hydrogens (tertiary/aromatic N) is 3. The minimum Gasteiger partial charge on any atom is -0.369 e. The molecular weight excluding hydrogens is 340 g/mol. The van der Waals surface area contributed by atoms with Crippen LogP contribution in [0.3, 0.4) is 0 Å². The summed E-state index contributed by atoms with van der Waals surface area (Å²) in [6, 6.07) is 8.47. The smallest absolute Gasteiger partial charge is 0.274 e. The number of ether oxygens (including phenoxy) is 1. The van der Waals surface area contributed by atoms with E-state index in [-0.39, 0.29) is 18.1 Å². The molecule has 0 fully saturated rings. The molecule has 1 aliphatic heterocycles. The number of benzene rings is 1. The molecule has 0 radical (unpaired) electrons. The van der Waals surface area contributed by atoms with Gasteiger partial charge in [0.2, 0.25) is 0 Å². The van der Waals surface area contributed by atoms with Crippen molar-refractivity contribution in [3.05, 3.63) is 52.3 Å². The Bertz CT molecular complexity index is 782. The van der Waals surface area contributed by atoms with Crippen molar-refractivity contribution < 1.29 is 9.53 Å². The summed E-state index contributed by atoms with van der Waals surface area (Å²) in [4.78, 5) is 17.1. The number of H-pyrrole nitrogens is 1. The SMILES string of the molecule is CCN(Cc1ccc(CN(C)C)cc1)C(=O)c1n[nH]c2c1C[C@H](C)O[C@@H]2C. The predicted molar refractivity (Wildman–Crippen MR) is 106 cm³/mol. The third-order valence-electron chi connectivity index (χ3n) is 5.00. The summed E-state index contributed by atoms with van der Waals surface area (Å²) in [5.41, 5.74) is 4.87. The second-order valence-electron chi connectivity index (χ2n) is 7.63. The Kier molecular flexibility index (Phi) is 5.97. The van der Waals surface area contributed by atoms with Crippen molar-refractivity contribution >= 4 is 5.91 Å². The molecule has 0 saturated carbocycles. The highest BCUT2D eigenvalue weighted by Gasteiger charge is 2.31. The largest absolute Gasteiger partial charge is 0.369 e. The number of aromatic amines is 1. The molecule has 6 heteroatoms. The van der Waals surface area contributed by atoms with Crippen LogP contribution in [0.25, 0.3) is 0 Å². The minimum atomic E-state index is -0.0582. The molecule has 27 heavy (non-hydrogen) atoms. The monoisotopic (exact) mass is 370 g/mol. The molecule has 146 valence electrons. The Balaban J connectivity index is 1.75. The summed E-state index contributed by atoms with van der Waals surface area (Å²) < 4.78 is 5.83. The first-order valence-electron chi connectivity index (χ1n) is 9.63. The quantitative estimate of drug-likeness (QED) is 0.848. The van der Waals surface area contributed by atoms with E-state index in [0.29, 0.717) is 25.2 Å². The van der Waals surface area contributed by atoms with Crippen molar-refractivity contribution in [1.29, 1.82) is 0 Å². The second kappa shape index (κ2) is 8.23. The summed E-state index contributed by atoms with van der Waals surface area (Å²) >= 11 is 0. The van der Waals surface area contributed by atoms with Crippen LogP contribution in [0.1, 0.15) is 59.7 Å². The number of nitrogens with one attached hydrogen (secondary N) is 1. The number of rotatable bonds is 6. The number of carbonyl (C=O) groups is 1. The van der Waals surface area contributed by atoms with Crippen LogP contribution in [0.5, 0.6) is 0 Å². The molecule has 1 aromatic heterocycles. The first-order valence-corrected chi connectivity index (χ1v) is 9.63. The molecule has 6 nitrogen and oxygen atoms in total. The van der Waals surface area contributed by atoms with Gasteiger partial charge in [-0.15, -0.1) is 0 Å². The van der Waals surface area contributed by atoms with Gasteiger partial charge < -0.3 is 14.5 Å². The van der Waals surface area contributed by atoms with E-state index in [2.05, 4.69) is 53.5 Å². The van der Waals surface area contributed by atoms with E-state index in [1.165, 1.54) is 5.56 Å². The van der Waals surface area contributed by atoms with Crippen molar-refractivity contribution in [3.8, 4) is 0 Å². The van der Waals surface area contributed by atoms with Crippen LogP contribution in [0.15, 0.2) is 24.3 Å². The van der Waals surface area contributed by atoms with Crippen LogP contribution in [0.2, 0.25) is 0 Å². The fraction of sp³-hybridized carbons (Fsp3) is 0.524. The van der Waals surface area contributed by atoms with Gasteiger partial charge in [-0.1, -0.05) is 24.3 Å². The molecule has 2 aromatic rings. The van der Waals surface area contributed by atoms with Crippen LogP contribution in [0.4, 0.5) is 0 Å². The maximum absolute atomic E-state index is 13.1. The number of aromatic nitrogens is 2. The zero-order chi connectivity index (χ0) is 19.6. The van der Waals surface area contributed by atoms with Crippen LogP contribution < -0.4 is 0 Å². The van der Waals surface area contributed by atoms with Gasteiger partial charge in [0, 0.05) is 31.6 Å². The Morgan fingerprint density at radius 2 is 1.81 bits per heavy atom. The Labute approximate surface area is 161 Å².